The van der Waals surface area contributed by atoms with E-state index < -0.39 is 30.7 Å². The third-order valence-electron chi connectivity index (χ3n) is 1.93. The Morgan fingerprint density at radius 2 is 1.94 bits per heavy atom. The second kappa shape index (κ2) is 7.75. The van der Waals surface area contributed by atoms with Gasteiger partial charge in [-0.25, -0.2) is 9.59 Å². The Balaban J connectivity index is 3.69. The Hall–Kier alpha value is -1.51. The van der Waals surface area contributed by atoms with E-state index in [1.807, 2.05) is 0 Å². The lowest BCUT2D eigenvalue weighted by atomic mass is 10.3. The van der Waals surface area contributed by atoms with Crippen LogP contribution >= 0.6 is 0 Å². The lowest BCUT2D eigenvalue weighted by Crippen LogP contribution is -2.43. The molecule has 0 fully saturated rings. The van der Waals surface area contributed by atoms with Gasteiger partial charge >= 0.3 is 18.2 Å². The molecule has 106 valence electrons. The normalized spacial score (nSPS) is 12.9. The number of rotatable bonds is 7. The average molecular weight is 272 g/mol. The molecule has 0 aliphatic heterocycles. The summed E-state index contributed by atoms with van der Waals surface area (Å²) >= 11 is 0. The van der Waals surface area contributed by atoms with Gasteiger partial charge < -0.3 is 20.5 Å². The third-order valence-corrected chi connectivity index (χ3v) is 1.93. The number of carboxylic acids is 1. The van der Waals surface area contributed by atoms with E-state index in [4.69, 9.17) is 5.11 Å². The van der Waals surface area contributed by atoms with E-state index in [1.165, 1.54) is 7.11 Å². The number of hydrogen-bond donors (Lipinski definition) is 3. The van der Waals surface area contributed by atoms with Crippen LogP contribution in [-0.2, 0) is 9.53 Å². The fourth-order valence-electron chi connectivity index (χ4n) is 1.01. The van der Waals surface area contributed by atoms with Crippen LogP contribution in [0.15, 0.2) is 0 Å². The summed E-state index contributed by atoms with van der Waals surface area (Å²) in [5.74, 6) is -1.24. The lowest BCUT2D eigenvalue weighted by Gasteiger charge is -2.12. The highest BCUT2D eigenvalue weighted by atomic mass is 19.4. The van der Waals surface area contributed by atoms with E-state index >= 15 is 0 Å². The van der Waals surface area contributed by atoms with Crippen LogP contribution in [0.1, 0.15) is 12.8 Å². The molecule has 0 saturated carbocycles. The number of nitrogens with one attached hydrogen (secondary N) is 2. The zero-order valence-corrected chi connectivity index (χ0v) is 9.71. The molecule has 0 aliphatic carbocycles. The van der Waals surface area contributed by atoms with Crippen LogP contribution in [0.5, 0.6) is 0 Å². The van der Waals surface area contributed by atoms with Gasteiger partial charge in [-0.05, 0) is 6.42 Å². The van der Waals surface area contributed by atoms with Crippen LogP contribution in [0.25, 0.3) is 0 Å². The number of halogens is 3. The van der Waals surface area contributed by atoms with E-state index in [0.29, 0.717) is 0 Å². The molecule has 18 heavy (non-hydrogen) atoms. The standard InChI is InChI=1S/C9H15F3N2O4/c1-18-6(7(15)16)5-14-8(17)13-4-2-3-9(10,11)12/h6H,2-5H2,1H3,(H,15,16)(H2,13,14,17). The summed E-state index contributed by atoms with van der Waals surface area (Å²) in [7, 11) is 1.17. The van der Waals surface area contributed by atoms with Crippen LogP contribution in [0, 0.1) is 0 Å². The molecule has 0 aliphatic rings. The molecule has 0 bridgehead atoms. The number of methoxy groups -OCH3 is 1. The number of hydrogen-bond acceptors (Lipinski definition) is 3. The number of carbonyl (C=O) groups excluding carboxylic acids is 1. The molecular formula is C9H15F3N2O4. The zero-order chi connectivity index (χ0) is 14.2. The highest BCUT2D eigenvalue weighted by Gasteiger charge is 2.26. The molecule has 2 amide bonds. The highest BCUT2D eigenvalue weighted by Crippen LogP contribution is 2.20. The van der Waals surface area contributed by atoms with Crippen LogP contribution < -0.4 is 10.6 Å². The van der Waals surface area contributed by atoms with E-state index in [9.17, 15) is 22.8 Å². The van der Waals surface area contributed by atoms with Crippen molar-refractivity contribution in [3.63, 3.8) is 0 Å². The molecule has 0 heterocycles. The first-order valence-electron chi connectivity index (χ1n) is 5.10. The summed E-state index contributed by atoms with van der Waals surface area (Å²) in [6.07, 6.45) is -6.65. The SMILES string of the molecule is COC(CNC(=O)NCCCC(F)(F)F)C(=O)O. The van der Waals surface area contributed by atoms with Gasteiger partial charge in [0.1, 0.15) is 0 Å². The van der Waals surface area contributed by atoms with Crippen molar-refractivity contribution in [2.75, 3.05) is 20.2 Å². The van der Waals surface area contributed by atoms with Gasteiger partial charge in [0, 0.05) is 20.1 Å². The number of amides is 2. The molecule has 0 aromatic heterocycles. The fraction of sp³-hybridized carbons (Fsp3) is 0.778. The summed E-state index contributed by atoms with van der Waals surface area (Å²) in [6, 6.07) is -0.736. The van der Waals surface area contributed by atoms with Crippen molar-refractivity contribution in [3.8, 4) is 0 Å². The van der Waals surface area contributed by atoms with Crippen molar-refractivity contribution in [2.45, 2.75) is 25.1 Å². The number of carbonyl (C=O) groups is 2. The summed E-state index contributed by atoms with van der Waals surface area (Å²) < 4.78 is 39.8. The van der Waals surface area contributed by atoms with Gasteiger partial charge in [-0.3, -0.25) is 0 Å². The summed E-state index contributed by atoms with van der Waals surface area (Å²) in [6.45, 7) is -0.410. The third kappa shape index (κ3) is 8.62. The minimum atomic E-state index is -4.25. The molecule has 0 spiro atoms. The Morgan fingerprint density at radius 1 is 1.33 bits per heavy atom. The van der Waals surface area contributed by atoms with E-state index in [1.54, 1.807) is 0 Å². The molecule has 1 unspecified atom stereocenters. The van der Waals surface area contributed by atoms with Crippen LogP contribution in [0.2, 0.25) is 0 Å². The van der Waals surface area contributed by atoms with Gasteiger partial charge in [-0.15, -0.1) is 0 Å². The van der Waals surface area contributed by atoms with E-state index in [2.05, 4.69) is 15.4 Å². The highest BCUT2D eigenvalue weighted by molar-refractivity contribution is 5.76. The Bertz CT molecular complexity index is 283. The number of ether oxygens (including phenoxy) is 1. The summed E-state index contributed by atoms with van der Waals surface area (Å²) in [5, 5.41) is 12.9. The molecule has 0 aromatic rings. The minimum absolute atomic E-state index is 0.143. The maximum Gasteiger partial charge on any atom is 0.389 e. The van der Waals surface area contributed by atoms with Gasteiger partial charge in [-0.2, -0.15) is 13.2 Å². The topological polar surface area (TPSA) is 87.7 Å². The second-order valence-electron chi connectivity index (χ2n) is 3.42. The molecule has 6 nitrogen and oxygen atoms in total. The molecule has 3 N–H and O–H groups in total. The molecule has 0 saturated heterocycles. The van der Waals surface area contributed by atoms with Crippen molar-refractivity contribution in [3.05, 3.63) is 0 Å². The van der Waals surface area contributed by atoms with Crippen LogP contribution in [0.3, 0.4) is 0 Å². The minimum Gasteiger partial charge on any atom is -0.479 e. The van der Waals surface area contributed by atoms with E-state index in [-0.39, 0.29) is 19.5 Å². The first kappa shape index (κ1) is 16.5. The average Bonchev–Trinajstić information content (AvgIpc) is 2.23. The number of alkyl halides is 3. The lowest BCUT2D eigenvalue weighted by molar-refractivity contribution is -0.148. The predicted molar refractivity (Wildman–Crippen MR) is 55.1 cm³/mol. The van der Waals surface area contributed by atoms with E-state index in [0.717, 1.165) is 0 Å². The Morgan fingerprint density at radius 3 is 2.39 bits per heavy atom. The fourth-order valence-corrected chi connectivity index (χ4v) is 1.01. The monoisotopic (exact) mass is 272 g/mol. The first-order chi connectivity index (χ1) is 8.26. The molecular weight excluding hydrogens is 257 g/mol. The molecule has 0 radical (unpaired) electrons. The summed E-state index contributed by atoms with van der Waals surface area (Å²) in [4.78, 5) is 21.6. The summed E-state index contributed by atoms with van der Waals surface area (Å²) in [5.41, 5.74) is 0. The predicted octanol–water partition coefficient (Wildman–Crippen LogP) is 0.728. The van der Waals surface area contributed by atoms with Crippen molar-refractivity contribution in [1.29, 1.82) is 0 Å². The largest absolute Gasteiger partial charge is 0.479 e. The second-order valence-corrected chi connectivity index (χ2v) is 3.42. The first-order valence-corrected chi connectivity index (χ1v) is 5.10. The molecule has 0 aromatic carbocycles. The van der Waals surface area contributed by atoms with Crippen molar-refractivity contribution < 1.29 is 32.6 Å². The number of aliphatic carboxylic acids is 1. The smallest absolute Gasteiger partial charge is 0.389 e. The van der Waals surface area contributed by atoms with Crippen molar-refractivity contribution in [2.24, 2.45) is 0 Å². The Labute approximate surface area is 101 Å². The van der Waals surface area contributed by atoms with Crippen LogP contribution in [0.4, 0.5) is 18.0 Å². The van der Waals surface area contributed by atoms with Crippen molar-refractivity contribution >= 4 is 12.0 Å². The zero-order valence-electron chi connectivity index (χ0n) is 9.71. The molecule has 0 rings (SSSR count). The van der Waals surface area contributed by atoms with Gasteiger partial charge in [0.15, 0.2) is 6.10 Å². The van der Waals surface area contributed by atoms with Gasteiger partial charge in [-0.1, -0.05) is 0 Å². The molecule has 1 atom stereocenters. The van der Waals surface area contributed by atoms with Gasteiger partial charge in [0.2, 0.25) is 0 Å². The quantitative estimate of drug-likeness (QED) is 0.596. The maximum atomic E-state index is 11.8. The van der Waals surface area contributed by atoms with Crippen LogP contribution in [-0.4, -0.2) is 49.6 Å². The van der Waals surface area contributed by atoms with Gasteiger partial charge in [0.25, 0.3) is 0 Å². The number of carboxylic acid groups (broad SMARTS) is 1. The Kier molecular flexibility index (Phi) is 7.10. The molecule has 9 heteroatoms. The maximum absolute atomic E-state index is 11.8. The van der Waals surface area contributed by atoms with Gasteiger partial charge in [0.05, 0.1) is 6.54 Å². The van der Waals surface area contributed by atoms with Crippen molar-refractivity contribution in [1.82, 2.24) is 10.6 Å². The number of urea groups is 1.